The summed E-state index contributed by atoms with van der Waals surface area (Å²) in [5.41, 5.74) is 1.76. The maximum atomic E-state index is 11.7. The fourth-order valence-electron chi connectivity index (χ4n) is 0.979. The van der Waals surface area contributed by atoms with Crippen molar-refractivity contribution in [2.45, 2.75) is 0 Å². The third-order valence-electron chi connectivity index (χ3n) is 1.65. The van der Waals surface area contributed by atoms with Gasteiger partial charge in [0.05, 0.1) is 10.6 Å². The van der Waals surface area contributed by atoms with Gasteiger partial charge < -0.3 is 0 Å². The van der Waals surface area contributed by atoms with E-state index >= 15 is 0 Å². The van der Waals surface area contributed by atoms with Gasteiger partial charge in [0.15, 0.2) is 0 Å². The number of nitrogens with zero attached hydrogens (tertiary/aromatic N) is 3. The summed E-state index contributed by atoms with van der Waals surface area (Å²) in [6.07, 6.45) is 1.32. The van der Waals surface area contributed by atoms with Crippen LogP contribution in [0.25, 0.3) is 0 Å². The number of aromatic nitrogens is 3. The summed E-state index contributed by atoms with van der Waals surface area (Å²) in [7, 11) is 0. The highest BCUT2D eigenvalue weighted by Crippen LogP contribution is 2.19. The summed E-state index contributed by atoms with van der Waals surface area (Å²) >= 11 is 12.7. The Morgan fingerprint density at radius 2 is 2.25 bits per heavy atom. The van der Waals surface area contributed by atoms with Crippen LogP contribution in [0.4, 0.5) is 5.13 Å². The maximum absolute atomic E-state index is 11.7. The van der Waals surface area contributed by atoms with E-state index in [1.807, 2.05) is 0 Å². The molecule has 0 unspecified atom stereocenters. The largest absolute Gasteiger partial charge is 0.296 e. The lowest BCUT2D eigenvalue weighted by Crippen LogP contribution is -2.12. The Morgan fingerprint density at radius 3 is 2.94 bits per heavy atom. The van der Waals surface area contributed by atoms with Crippen LogP contribution in [-0.2, 0) is 0 Å². The molecule has 2 aromatic heterocycles. The number of amides is 1. The quantitative estimate of drug-likeness (QED) is 0.855. The molecule has 0 bridgehead atoms. The minimum absolute atomic E-state index is 0.201. The smallest absolute Gasteiger partial charge is 0.259 e. The minimum Gasteiger partial charge on any atom is -0.296 e. The van der Waals surface area contributed by atoms with Crippen molar-refractivity contribution in [2.24, 2.45) is 0 Å². The lowest BCUT2D eigenvalue weighted by molar-refractivity contribution is 0.102. The lowest BCUT2D eigenvalue weighted by Gasteiger charge is -2.03. The average molecular weight is 275 g/mol. The Hall–Kier alpha value is -1.24. The second kappa shape index (κ2) is 4.73. The normalized spacial score (nSPS) is 10.1. The van der Waals surface area contributed by atoms with Crippen LogP contribution in [0.5, 0.6) is 0 Å². The van der Waals surface area contributed by atoms with Crippen LogP contribution in [0.3, 0.4) is 0 Å². The zero-order chi connectivity index (χ0) is 11.5. The van der Waals surface area contributed by atoms with E-state index in [1.165, 1.54) is 29.1 Å². The molecule has 0 aliphatic heterocycles. The molecule has 16 heavy (non-hydrogen) atoms. The average Bonchev–Trinajstić information content (AvgIpc) is 2.74. The van der Waals surface area contributed by atoms with Crippen molar-refractivity contribution < 1.29 is 4.79 Å². The first-order valence-corrected chi connectivity index (χ1v) is 5.69. The summed E-state index contributed by atoms with van der Waals surface area (Å²) in [5.74, 6) is -0.397. The van der Waals surface area contributed by atoms with Crippen LogP contribution in [0.1, 0.15) is 10.4 Å². The highest BCUT2D eigenvalue weighted by atomic mass is 35.5. The standard InChI is InChI=1S/C8H4Cl2N4OS/c9-5-2-11-6(10)1-4(5)7(15)13-8-14-12-3-16-8/h1-3H,(H,13,14,15). The molecule has 82 valence electrons. The monoisotopic (exact) mass is 274 g/mol. The Morgan fingerprint density at radius 1 is 1.44 bits per heavy atom. The molecule has 0 aliphatic carbocycles. The third-order valence-corrected chi connectivity index (χ3v) is 2.76. The van der Waals surface area contributed by atoms with Gasteiger partial charge in [-0.2, -0.15) is 0 Å². The first-order valence-electron chi connectivity index (χ1n) is 4.05. The van der Waals surface area contributed by atoms with Crippen LogP contribution in [-0.4, -0.2) is 21.1 Å². The van der Waals surface area contributed by atoms with E-state index in [0.29, 0.717) is 5.13 Å². The van der Waals surface area contributed by atoms with Crippen molar-refractivity contribution in [2.75, 3.05) is 5.32 Å². The van der Waals surface area contributed by atoms with E-state index in [-0.39, 0.29) is 15.7 Å². The molecule has 0 spiro atoms. The second-order valence-electron chi connectivity index (χ2n) is 2.68. The number of hydrogen-bond donors (Lipinski definition) is 1. The zero-order valence-electron chi connectivity index (χ0n) is 7.65. The molecular weight excluding hydrogens is 271 g/mol. The van der Waals surface area contributed by atoms with Crippen LogP contribution in [0.2, 0.25) is 10.2 Å². The molecule has 8 heteroatoms. The van der Waals surface area contributed by atoms with E-state index < -0.39 is 5.91 Å². The maximum Gasteiger partial charge on any atom is 0.259 e. The molecule has 0 aromatic carbocycles. The van der Waals surface area contributed by atoms with Crippen molar-refractivity contribution in [3.8, 4) is 0 Å². The summed E-state index contributed by atoms with van der Waals surface area (Å²) < 4.78 is 0. The fraction of sp³-hybridized carbons (Fsp3) is 0. The number of carbonyl (C=O) groups is 1. The molecule has 0 saturated carbocycles. The number of rotatable bonds is 2. The number of nitrogens with one attached hydrogen (secondary N) is 1. The highest BCUT2D eigenvalue weighted by Gasteiger charge is 2.13. The zero-order valence-corrected chi connectivity index (χ0v) is 9.97. The van der Waals surface area contributed by atoms with Crippen molar-refractivity contribution in [3.63, 3.8) is 0 Å². The van der Waals surface area contributed by atoms with Crippen molar-refractivity contribution in [1.82, 2.24) is 15.2 Å². The number of halogens is 2. The molecule has 0 fully saturated rings. The molecule has 2 rings (SSSR count). The van der Waals surface area contributed by atoms with E-state index in [2.05, 4.69) is 20.5 Å². The van der Waals surface area contributed by atoms with Crippen molar-refractivity contribution in [1.29, 1.82) is 0 Å². The molecule has 2 aromatic rings. The first kappa shape index (κ1) is 11.3. The molecule has 0 atom stereocenters. The molecule has 0 aliphatic rings. The number of pyridine rings is 1. The second-order valence-corrected chi connectivity index (χ2v) is 4.31. The van der Waals surface area contributed by atoms with Gasteiger partial charge in [-0.1, -0.05) is 34.5 Å². The van der Waals surface area contributed by atoms with Crippen molar-refractivity contribution in [3.05, 3.63) is 33.5 Å². The Kier molecular flexibility index (Phi) is 3.33. The summed E-state index contributed by atoms with van der Waals surface area (Å²) in [6, 6.07) is 1.39. The van der Waals surface area contributed by atoms with Crippen molar-refractivity contribution >= 4 is 45.6 Å². The molecule has 0 saturated heterocycles. The molecule has 0 radical (unpaired) electrons. The van der Waals surface area contributed by atoms with Gasteiger partial charge in [0.1, 0.15) is 10.7 Å². The van der Waals surface area contributed by atoms with Gasteiger partial charge in [-0.3, -0.25) is 10.1 Å². The molecule has 2 heterocycles. The Balaban J connectivity index is 2.24. The van der Waals surface area contributed by atoms with Gasteiger partial charge in [-0.15, -0.1) is 10.2 Å². The van der Waals surface area contributed by atoms with Gasteiger partial charge in [-0.05, 0) is 6.07 Å². The third kappa shape index (κ3) is 2.46. The Bertz CT molecular complexity index is 517. The number of carbonyl (C=O) groups excluding carboxylic acids is 1. The molecular formula is C8H4Cl2N4OS. The molecule has 1 N–H and O–H groups in total. The van der Waals surface area contributed by atoms with Gasteiger partial charge in [0, 0.05) is 6.20 Å². The number of hydrogen-bond acceptors (Lipinski definition) is 5. The first-order chi connectivity index (χ1) is 7.66. The summed E-state index contributed by atoms with van der Waals surface area (Å²) in [6.45, 7) is 0. The van der Waals surface area contributed by atoms with E-state index in [4.69, 9.17) is 23.2 Å². The minimum atomic E-state index is -0.397. The summed E-state index contributed by atoms with van der Waals surface area (Å²) in [4.78, 5) is 15.5. The van der Waals surface area contributed by atoms with Crippen LogP contribution < -0.4 is 5.32 Å². The van der Waals surface area contributed by atoms with E-state index in [0.717, 1.165) is 0 Å². The predicted molar refractivity (Wildman–Crippen MR) is 62.1 cm³/mol. The Labute approximate surface area is 104 Å². The van der Waals surface area contributed by atoms with Crippen LogP contribution >= 0.6 is 34.5 Å². The number of anilines is 1. The topological polar surface area (TPSA) is 67.8 Å². The summed E-state index contributed by atoms with van der Waals surface area (Å²) in [5, 5.41) is 10.6. The van der Waals surface area contributed by atoms with Crippen LogP contribution in [0.15, 0.2) is 17.8 Å². The van der Waals surface area contributed by atoms with Gasteiger partial charge in [-0.25, -0.2) is 4.98 Å². The van der Waals surface area contributed by atoms with E-state index in [9.17, 15) is 4.79 Å². The highest BCUT2D eigenvalue weighted by molar-refractivity contribution is 7.13. The predicted octanol–water partition coefficient (Wildman–Crippen LogP) is 2.49. The SMILES string of the molecule is O=C(Nc1nncs1)c1cc(Cl)ncc1Cl. The van der Waals surface area contributed by atoms with E-state index in [1.54, 1.807) is 0 Å². The van der Waals surface area contributed by atoms with Gasteiger partial charge in [0.2, 0.25) is 5.13 Å². The molecule has 1 amide bonds. The fourth-order valence-corrected chi connectivity index (χ4v) is 1.77. The van der Waals surface area contributed by atoms with Gasteiger partial charge >= 0.3 is 0 Å². The molecule has 5 nitrogen and oxygen atoms in total. The van der Waals surface area contributed by atoms with Gasteiger partial charge in [0.25, 0.3) is 5.91 Å². The van der Waals surface area contributed by atoms with Crippen LogP contribution in [0, 0.1) is 0 Å². The lowest BCUT2D eigenvalue weighted by atomic mass is 10.2.